The second-order valence-electron chi connectivity index (χ2n) is 5.36. The third-order valence-corrected chi connectivity index (χ3v) is 4.73. The van der Waals surface area contributed by atoms with Crippen molar-refractivity contribution >= 4 is 27.5 Å². The molecule has 1 fully saturated rings. The first-order valence-electron chi connectivity index (χ1n) is 7.06. The fourth-order valence-corrected chi connectivity index (χ4v) is 3.50. The first-order chi connectivity index (χ1) is 9.60. The normalized spacial score (nSPS) is 21.9. The summed E-state index contributed by atoms with van der Waals surface area (Å²) in [5, 5.41) is 0.736. The molecule has 0 bridgehead atoms. The van der Waals surface area contributed by atoms with E-state index in [0.717, 1.165) is 47.5 Å². The van der Waals surface area contributed by atoms with Crippen LogP contribution < -0.4 is 5.73 Å². The molecule has 112 valence electrons. The number of benzene rings is 1. The van der Waals surface area contributed by atoms with E-state index in [-0.39, 0.29) is 6.04 Å². The van der Waals surface area contributed by atoms with Crippen molar-refractivity contribution in [3.8, 4) is 0 Å². The molecule has 1 aliphatic heterocycles. The standard InChI is InChI=1S/C15H22BrClN2O/c1-20-12-3-2-7-19(10-12)8-6-15(18)13-5-4-11(16)9-14(13)17/h4-5,9,12,15H,2-3,6-8,10,18H2,1H3. The molecule has 0 aliphatic carbocycles. The van der Waals surface area contributed by atoms with Crippen LogP contribution in [0.1, 0.15) is 30.9 Å². The summed E-state index contributed by atoms with van der Waals surface area (Å²) < 4.78 is 6.43. The van der Waals surface area contributed by atoms with Crippen molar-refractivity contribution in [2.45, 2.75) is 31.4 Å². The Bertz CT molecular complexity index is 444. The number of nitrogens with two attached hydrogens (primary N) is 1. The molecule has 1 saturated heterocycles. The molecule has 1 heterocycles. The van der Waals surface area contributed by atoms with Crippen LogP contribution in [0, 0.1) is 0 Å². The maximum atomic E-state index is 6.27. The van der Waals surface area contributed by atoms with Crippen molar-refractivity contribution in [3.63, 3.8) is 0 Å². The highest BCUT2D eigenvalue weighted by Crippen LogP contribution is 2.27. The van der Waals surface area contributed by atoms with Crippen LogP contribution in [-0.2, 0) is 4.74 Å². The summed E-state index contributed by atoms with van der Waals surface area (Å²) in [4.78, 5) is 2.43. The molecule has 2 unspecified atom stereocenters. The summed E-state index contributed by atoms with van der Waals surface area (Å²) in [6.45, 7) is 3.14. The van der Waals surface area contributed by atoms with Crippen LogP contribution in [0.25, 0.3) is 0 Å². The molecule has 0 aromatic heterocycles. The molecular weight excluding hydrogens is 340 g/mol. The van der Waals surface area contributed by atoms with E-state index in [2.05, 4.69) is 20.8 Å². The van der Waals surface area contributed by atoms with Gasteiger partial charge in [-0.1, -0.05) is 33.6 Å². The third-order valence-electron chi connectivity index (χ3n) is 3.91. The quantitative estimate of drug-likeness (QED) is 0.871. The highest BCUT2D eigenvalue weighted by atomic mass is 79.9. The van der Waals surface area contributed by atoms with E-state index in [4.69, 9.17) is 22.1 Å². The van der Waals surface area contributed by atoms with E-state index in [9.17, 15) is 0 Å². The zero-order valence-corrected chi connectivity index (χ0v) is 14.2. The number of piperidine rings is 1. The number of hydrogen-bond acceptors (Lipinski definition) is 3. The molecule has 5 heteroatoms. The molecule has 1 aromatic rings. The van der Waals surface area contributed by atoms with Gasteiger partial charge in [0.1, 0.15) is 0 Å². The van der Waals surface area contributed by atoms with E-state index < -0.39 is 0 Å². The second kappa shape index (κ2) is 7.76. The molecule has 2 N–H and O–H groups in total. The number of rotatable bonds is 5. The lowest BCUT2D eigenvalue weighted by Crippen LogP contribution is -2.40. The van der Waals surface area contributed by atoms with Crippen LogP contribution in [0.2, 0.25) is 5.02 Å². The molecule has 1 aromatic carbocycles. The van der Waals surface area contributed by atoms with Crippen molar-refractivity contribution in [2.75, 3.05) is 26.7 Å². The van der Waals surface area contributed by atoms with Crippen molar-refractivity contribution in [2.24, 2.45) is 5.73 Å². The molecule has 0 spiro atoms. The van der Waals surface area contributed by atoms with Crippen LogP contribution in [0.15, 0.2) is 22.7 Å². The van der Waals surface area contributed by atoms with Crippen molar-refractivity contribution in [3.05, 3.63) is 33.3 Å². The number of ether oxygens (including phenoxy) is 1. The number of halogens is 2. The summed E-state index contributed by atoms with van der Waals surface area (Å²) in [7, 11) is 1.79. The van der Waals surface area contributed by atoms with Crippen LogP contribution in [0.4, 0.5) is 0 Å². The smallest absolute Gasteiger partial charge is 0.0698 e. The van der Waals surface area contributed by atoms with E-state index >= 15 is 0 Å². The topological polar surface area (TPSA) is 38.5 Å². The Morgan fingerprint density at radius 3 is 3.05 bits per heavy atom. The highest BCUT2D eigenvalue weighted by Gasteiger charge is 2.20. The minimum absolute atomic E-state index is 0.0153. The predicted octanol–water partition coefficient (Wildman–Crippen LogP) is 3.60. The second-order valence-corrected chi connectivity index (χ2v) is 6.68. The Balaban J connectivity index is 1.86. The van der Waals surface area contributed by atoms with Crippen LogP contribution in [-0.4, -0.2) is 37.7 Å². The van der Waals surface area contributed by atoms with E-state index in [1.807, 2.05) is 18.2 Å². The minimum Gasteiger partial charge on any atom is -0.380 e. The molecule has 0 saturated carbocycles. The van der Waals surface area contributed by atoms with Gasteiger partial charge < -0.3 is 15.4 Å². The first-order valence-corrected chi connectivity index (χ1v) is 8.23. The zero-order valence-electron chi connectivity index (χ0n) is 11.8. The predicted molar refractivity (Wildman–Crippen MR) is 87.2 cm³/mol. The van der Waals surface area contributed by atoms with Gasteiger partial charge in [-0.3, -0.25) is 0 Å². The third kappa shape index (κ3) is 4.43. The van der Waals surface area contributed by atoms with Crippen molar-refractivity contribution in [1.29, 1.82) is 0 Å². The average Bonchev–Trinajstić information content (AvgIpc) is 2.45. The molecule has 2 rings (SSSR count). The Kier molecular flexibility index (Phi) is 6.30. The van der Waals surface area contributed by atoms with E-state index in [1.165, 1.54) is 6.42 Å². The summed E-state index contributed by atoms with van der Waals surface area (Å²) >= 11 is 9.66. The lowest BCUT2D eigenvalue weighted by atomic mass is 10.0. The van der Waals surface area contributed by atoms with Crippen LogP contribution in [0.5, 0.6) is 0 Å². The van der Waals surface area contributed by atoms with Crippen molar-refractivity contribution < 1.29 is 4.74 Å². The Morgan fingerprint density at radius 2 is 2.35 bits per heavy atom. The number of nitrogens with zero attached hydrogens (tertiary/aromatic N) is 1. The highest BCUT2D eigenvalue weighted by molar-refractivity contribution is 9.10. The summed E-state index contributed by atoms with van der Waals surface area (Å²) in [5.74, 6) is 0. The molecule has 3 nitrogen and oxygen atoms in total. The monoisotopic (exact) mass is 360 g/mol. The van der Waals surface area contributed by atoms with Gasteiger partial charge in [-0.05, 0) is 43.5 Å². The van der Waals surface area contributed by atoms with Crippen LogP contribution in [0.3, 0.4) is 0 Å². The molecule has 0 radical (unpaired) electrons. The van der Waals surface area contributed by atoms with Gasteiger partial charge in [0.05, 0.1) is 6.10 Å². The molecule has 20 heavy (non-hydrogen) atoms. The van der Waals surface area contributed by atoms with Crippen molar-refractivity contribution in [1.82, 2.24) is 4.90 Å². The summed E-state index contributed by atoms with van der Waals surface area (Å²) in [6, 6.07) is 5.88. The zero-order chi connectivity index (χ0) is 14.5. The van der Waals surface area contributed by atoms with Crippen LogP contribution >= 0.6 is 27.5 Å². The Labute approximate surface area is 134 Å². The SMILES string of the molecule is COC1CCCN(CCC(N)c2ccc(Br)cc2Cl)C1. The average molecular weight is 362 g/mol. The lowest BCUT2D eigenvalue weighted by Gasteiger charge is -2.32. The number of likely N-dealkylation sites (tertiary alicyclic amines) is 1. The van der Waals surface area contributed by atoms with Gasteiger partial charge in [0.2, 0.25) is 0 Å². The van der Waals surface area contributed by atoms with Gasteiger partial charge >= 0.3 is 0 Å². The molecule has 1 aliphatic rings. The fraction of sp³-hybridized carbons (Fsp3) is 0.600. The maximum Gasteiger partial charge on any atom is 0.0698 e. The summed E-state index contributed by atoms with van der Waals surface area (Å²) in [6.07, 6.45) is 3.65. The van der Waals surface area contributed by atoms with Gasteiger partial charge in [-0.15, -0.1) is 0 Å². The molecule has 2 atom stereocenters. The number of hydrogen-bond donors (Lipinski definition) is 1. The maximum absolute atomic E-state index is 6.27. The Hall–Kier alpha value is -0.130. The lowest BCUT2D eigenvalue weighted by molar-refractivity contribution is 0.0305. The van der Waals surface area contributed by atoms with Gasteiger partial charge in [0.25, 0.3) is 0 Å². The van der Waals surface area contributed by atoms with Gasteiger partial charge in [-0.25, -0.2) is 0 Å². The van der Waals surface area contributed by atoms with Gasteiger partial charge in [0, 0.05) is 35.7 Å². The molecule has 0 amide bonds. The fourth-order valence-electron chi connectivity index (χ4n) is 2.69. The first kappa shape index (κ1) is 16.2. The van der Waals surface area contributed by atoms with E-state index in [0.29, 0.717) is 6.10 Å². The van der Waals surface area contributed by atoms with Gasteiger partial charge in [0.15, 0.2) is 0 Å². The van der Waals surface area contributed by atoms with E-state index in [1.54, 1.807) is 7.11 Å². The summed E-state index contributed by atoms with van der Waals surface area (Å²) in [5.41, 5.74) is 7.30. The minimum atomic E-state index is -0.0153. The molecular formula is C15H22BrClN2O. The number of methoxy groups -OCH3 is 1. The Morgan fingerprint density at radius 1 is 1.55 bits per heavy atom. The van der Waals surface area contributed by atoms with Gasteiger partial charge in [-0.2, -0.15) is 0 Å². The largest absolute Gasteiger partial charge is 0.380 e.